The van der Waals surface area contributed by atoms with Gasteiger partial charge in [0, 0.05) is 40.6 Å². The zero-order chi connectivity index (χ0) is 28.8. The number of anilines is 2. The Bertz CT molecular complexity index is 1570. The lowest BCUT2D eigenvalue weighted by molar-refractivity contribution is -0.116. The third-order valence-electron chi connectivity index (χ3n) is 5.92. The van der Waals surface area contributed by atoms with Gasteiger partial charge in [-0.25, -0.2) is 14.4 Å². The minimum Gasteiger partial charge on any atom is -0.382 e. The van der Waals surface area contributed by atoms with E-state index in [1.165, 1.54) is 24.4 Å². The molecule has 0 fully saturated rings. The van der Waals surface area contributed by atoms with Gasteiger partial charge in [-0.05, 0) is 69.0 Å². The second kappa shape index (κ2) is 12.6. The molecule has 3 amide bonds. The molecule has 0 saturated heterocycles. The average Bonchev–Trinajstić information content (AvgIpc) is 3.30. The van der Waals surface area contributed by atoms with Gasteiger partial charge in [-0.15, -0.1) is 0 Å². The van der Waals surface area contributed by atoms with Gasteiger partial charge in [-0.1, -0.05) is 11.8 Å². The minimum atomic E-state index is -0.692. The Hall–Kier alpha value is -4.49. The third kappa shape index (κ3) is 7.12. The number of amides is 3. The summed E-state index contributed by atoms with van der Waals surface area (Å²) in [4.78, 5) is 51.2. The molecule has 2 heterocycles. The van der Waals surface area contributed by atoms with Crippen molar-refractivity contribution < 1.29 is 18.8 Å². The molecule has 0 unspecified atom stereocenters. The lowest BCUT2D eigenvalue weighted by Gasteiger charge is -2.12. The molecule has 208 valence electrons. The number of primary amides is 1. The Morgan fingerprint density at radius 1 is 1.15 bits per heavy atom. The number of nitrogens with zero attached hydrogens (tertiary/aromatic N) is 3. The number of carbonyl (C=O) groups excluding carboxylic acids is 3. The molecular weight excluding hydrogens is 535 g/mol. The van der Waals surface area contributed by atoms with E-state index in [9.17, 15) is 18.8 Å². The summed E-state index contributed by atoms with van der Waals surface area (Å²) < 4.78 is 13.7. The van der Waals surface area contributed by atoms with E-state index in [0.29, 0.717) is 39.4 Å². The summed E-state index contributed by atoms with van der Waals surface area (Å²) in [6, 6.07) is 9.14. The first-order valence-corrected chi connectivity index (χ1v) is 13.1. The molecule has 40 heavy (non-hydrogen) atoms. The summed E-state index contributed by atoms with van der Waals surface area (Å²) in [5, 5.41) is 6.46. The number of fused-ring (bicyclic) bond motifs is 1. The zero-order valence-corrected chi connectivity index (χ0v) is 22.8. The molecule has 0 spiro atoms. The van der Waals surface area contributed by atoms with Crippen LogP contribution in [0.25, 0.3) is 10.9 Å². The highest BCUT2D eigenvalue weighted by Gasteiger charge is 2.18. The number of nitrogen functional groups attached to an aromatic ring is 1. The molecule has 4 rings (SSSR count). The number of aromatic amines is 1. The summed E-state index contributed by atoms with van der Waals surface area (Å²) in [6.07, 6.45) is 4.10. The summed E-state index contributed by atoms with van der Waals surface area (Å²) in [5.41, 5.74) is 13.5. The number of nitrogens with two attached hydrogens (primary N) is 2. The van der Waals surface area contributed by atoms with E-state index in [1.807, 2.05) is 19.0 Å². The molecular formula is C27H29FN8O3S. The first kappa shape index (κ1) is 28.5. The van der Waals surface area contributed by atoms with E-state index in [2.05, 4.69) is 25.6 Å². The molecule has 2 aromatic carbocycles. The molecule has 0 radical (unpaired) electrons. The maximum absolute atomic E-state index is 13.7. The average molecular weight is 565 g/mol. The number of nitrogens with one attached hydrogen (secondary N) is 3. The standard InChI is InChI=1S/C27H29FN8O3S/c1-36(2)9-3-4-22(37)34-17-6-8-21(19(11-17)26(30)38)40-23-14-32-25(29)24(35-23)27(39)33-13-15-12-31-20-7-5-16(28)10-18(15)20/h5-8,10-12,14,31H,3-4,9,13H2,1-2H3,(H2,29,32)(H2,30,38)(H,33,39)(H,34,37). The number of carbonyl (C=O) groups is 3. The van der Waals surface area contributed by atoms with Crippen LogP contribution in [0.3, 0.4) is 0 Å². The predicted octanol–water partition coefficient (Wildman–Crippen LogP) is 3.14. The molecule has 0 aliphatic rings. The number of benzene rings is 2. The number of H-pyrrole nitrogens is 1. The fourth-order valence-corrected chi connectivity index (χ4v) is 4.81. The van der Waals surface area contributed by atoms with Crippen molar-refractivity contribution in [2.75, 3.05) is 31.7 Å². The lowest BCUT2D eigenvalue weighted by atomic mass is 10.1. The first-order valence-electron chi connectivity index (χ1n) is 12.3. The van der Waals surface area contributed by atoms with Gasteiger partial charge in [0.1, 0.15) is 10.8 Å². The topological polar surface area (TPSA) is 172 Å². The van der Waals surface area contributed by atoms with Gasteiger partial charge in [0.15, 0.2) is 11.5 Å². The van der Waals surface area contributed by atoms with Crippen LogP contribution in [-0.4, -0.2) is 58.2 Å². The molecule has 0 aliphatic carbocycles. The fraction of sp³-hybridized carbons (Fsp3) is 0.222. The maximum atomic E-state index is 13.7. The monoisotopic (exact) mass is 564 g/mol. The summed E-state index contributed by atoms with van der Waals surface area (Å²) in [7, 11) is 3.87. The van der Waals surface area contributed by atoms with Crippen molar-refractivity contribution in [2.24, 2.45) is 5.73 Å². The molecule has 0 saturated carbocycles. The van der Waals surface area contributed by atoms with E-state index >= 15 is 0 Å². The zero-order valence-electron chi connectivity index (χ0n) is 22.0. The molecule has 4 aromatic rings. The van der Waals surface area contributed by atoms with E-state index in [-0.39, 0.29) is 35.3 Å². The molecule has 0 aliphatic heterocycles. The second-order valence-electron chi connectivity index (χ2n) is 9.26. The van der Waals surface area contributed by atoms with Crippen molar-refractivity contribution in [2.45, 2.75) is 29.3 Å². The largest absolute Gasteiger partial charge is 0.382 e. The van der Waals surface area contributed by atoms with Gasteiger partial charge in [0.2, 0.25) is 11.8 Å². The Balaban J connectivity index is 1.46. The summed E-state index contributed by atoms with van der Waals surface area (Å²) >= 11 is 1.07. The number of hydrogen-bond acceptors (Lipinski definition) is 8. The fourth-order valence-electron chi connectivity index (χ4n) is 3.94. The summed E-state index contributed by atoms with van der Waals surface area (Å²) in [6.45, 7) is 0.885. The Morgan fingerprint density at radius 2 is 1.95 bits per heavy atom. The van der Waals surface area contributed by atoms with E-state index in [4.69, 9.17) is 11.5 Å². The van der Waals surface area contributed by atoms with Crippen LogP contribution in [0.2, 0.25) is 0 Å². The van der Waals surface area contributed by atoms with Gasteiger partial charge in [0.05, 0.1) is 11.8 Å². The van der Waals surface area contributed by atoms with Crippen molar-refractivity contribution in [3.8, 4) is 0 Å². The molecule has 13 heteroatoms. The SMILES string of the molecule is CN(C)CCCC(=O)Nc1ccc(Sc2cnc(N)c(C(=O)NCc3c[nH]c4ccc(F)cc34)n2)c(C(N)=O)c1. The molecule has 0 bridgehead atoms. The highest BCUT2D eigenvalue weighted by Crippen LogP contribution is 2.31. The van der Waals surface area contributed by atoms with Crippen LogP contribution in [0.15, 0.2) is 58.7 Å². The van der Waals surface area contributed by atoms with Crippen LogP contribution < -0.4 is 22.1 Å². The van der Waals surface area contributed by atoms with Crippen LogP contribution in [0, 0.1) is 5.82 Å². The van der Waals surface area contributed by atoms with Crippen molar-refractivity contribution in [3.63, 3.8) is 0 Å². The third-order valence-corrected chi connectivity index (χ3v) is 6.90. The van der Waals surface area contributed by atoms with Crippen molar-refractivity contribution in [1.82, 2.24) is 25.2 Å². The van der Waals surface area contributed by atoms with E-state index in [1.54, 1.807) is 24.4 Å². The van der Waals surface area contributed by atoms with Gasteiger partial charge < -0.3 is 32.0 Å². The normalized spacial score (nSPS) is 11.1. The highest BCUT2D eigenvalue weighted by molar-refractivity contribution is 7.99. The minimum absolute atomic E-state index is 0.0747. The van der Waals surface area contributed by atoms with Gasteiger partial charge >= 0.3 is 0 Å². The Labute approximate surface area is 233 Å². The van der Waals surface area contributed by atoms with Gasteiger partial charge in [-0.2, -0.15) is 0 Å². The van der Waals surface area contributed by atoms with Crippen LogP contribution in [0.4, 0.5) is 15.9 Å². The van der Waals surface area contributed by atoms with Crippen molar-refractivity contribution in [1.29, 1.82) is 0 Å². The first-order chi connectivity index (χ1) is 19.1. The lowest BCUT2D eigenvalue weighted by Crippen LogP contribution is -2.25. The maximum Gasteiger partial charge on any atom is 0.274 e. The Morgan fingerprint density at radius 3 is 2.70 bits per heavy atom. The summed E-state index contributed by atoms with van der Waals surface area (Å²) in [5.74, 6) is -1.89. The van der Waals surface area contributed by atoms with Gasteiger partial charge in [-0.3, -0.25) is 14.4 Å². The van der Waals surface area contributed by atoms with Crippen LogP contribution in [-0.2, 0) is 11.3 Å². The second-order valence-corrected chi connectivity index (χ2v) is 10.3. The van der Waals surface area contributed by atoms with Crippen LogP contribution in [0.5, 0.6) is 0 Å². The number of rotatable bonds is 11. The number of hydrogen-bond donors (Lipinski definition) is 5. The number of halogens is 1. The molecule has 2 aromatic heterocycles. The predicted molar refractivity (Wildman–Crippen MR) is 151 cm³/mol. The van der Waals surface area contributed by atoms with Gasteiger partial charge in [0.25, 0.3) is 5.91 Å². The van der Waals surface area contributed by atoms with Crippen LogP contribution >= 0.6 is 11.8 Å². The van der Waals surface area contributed by atoms with Crippen LogP contribution in [0.1, 0.15) is 39.3 Å². The van der Waals surface area contributed by atoms with Crippen molar-refractivity contribution in [3.05, 3.63) is 71.4 Å². The highest BCUT2D eigenvalue weighted by atomic mass is 32.2. The van der Waals surface area contributed by atoms with Crippen molar-refractivity contribution >= 4 is 51.9 Å². The van der Waals surface area contributed by atoms with E-state index in [0.717, 1.165) is 23.8 Å². The molecule has 11 nitrogen and oxygen atoms in total. The number of aromatic nitrogens is 3. The quantitative estimate of drug-likeness (QED) is 0.185. The molecule has 7 N–H and O–H groups in total. The molecule has 0 atom stereocenters. The smallest absolute Gasteiger partial charge is 0.274 e. The van der Waals surface area contributed by atoms with E-state index < -0.39 is 11.8 Å². The Kier molecular flexibility index (Phi) is 8.97.